The van der Waals surface area contributed by atoms with Crippen molar-refractivity contribution in [1.82, 2.24) is 15.1 Å². The molecule has 1 saturated carbocycles. The minimum Gasteiger partial charge on any atom is -0.314 e. The Morgan fingerprint density at radius 1 is 1.05 bits per heavy atom. The van der Waals surface area contributed by atoms with E-state index in [0.717, 1.165) is 30.7 Å². The van der Waals surface area contributed by atoms with E-state index < -0.39 is 0 Å². The number of nitrogens with zero attached hydrogens (tertiary/aromatic N) is 2. The van der Waals surface area contributed by atoms with Gasteiger partial charge in [0.05, 0.1) is 0 Å². The molecule has 0 aromatic carbocycles. The topological polar surface area (TPSA) is 18.5 Å². The summed E-state index contributed by atoms with van der Waals surface area (Å²) in [6.45, 7) is 9.82. The zero-order chi connectivity index (χ0) is 13.2. The Morgan fingerprint density at radius 3 is 2.79 bits per heavy atom. The van der Waals surface area contributed by atoms with E-state index in [1.165, 1.54) is 58.2 Å². The summed E-state index contributed by atoms with van der Waals surface area (Å²) in [5.41, 5.74) is 0. The fraction of sp³-hybridized carbons (Fsp3) is 1.00. The van der Waals surface area contributed by atoms with E-state index in [1.54, 1.807) is 0 Å². The smallest absolute Gasteiger partial charge is 0.0224 e. The van der Waals surface area contributed by atoms with Crippen molar-refractivity contribution in [3.8, 4) is 0 Å². The van der Waals surface area contributed by atoms with Gasteiger partial charge in [0, 0.05) is 37.3 Å². The molecule has 4 unspecified atom stereocenters. The third kappa shape index (κ3) is 2.98. The van der Waals surface area contributed by atoms with Crippen molar-refractivity contribution >= 4 is 0 Å². The van der Waals surface area contributed by atoms with Crippen LogP contribution in [0.4, 0.5) is 0 Å². The van der Waals surface area contributed by atoms with Crippen molar-refractivity contribution in [2.75, 3.05) is 26.2 Å². The average Bonchev–Trinajstić information content (AvgIpc) is 2.87. The van der Waals surface area contributed by atoms with Gasteiger partial charge in [0.25, 0.3) is 0 Å². The van der Waals surface area contributed by atoms with Gasteiger partial charge in [-0.2, -0.15) is 0 Å². The van der Waals surface area contributed by atoms with Gasteiger partial charge in [-0.25, -0.2) is 0 Å². The van der Waals surface area contributed by atoms with Crippen LogP contribution in [0.2, 0.25) is 0 Å². The van der Waals surface area contributed by atoms with Crippen molar-refractivity contribution in [2.45, 2.75) is 76.5 Å². The van der Waals surface area contributed by atoms with E-state index in [2.05, 4.69) is 29.0 Å². The number of rotatable bonds is 3. The highest BCUT2D eigenvalue weighted by Gasteiger charge is 2.38. The number of nitrogens with one attached hydrogen (secondary N) is 1. The molecular weight excluding hydrogens is 234 g/mol. The quantitative estimate of drug-likeness (QED) is 0.843. The fourth-order valence-corrected chi connectivity index (χ4v) is 4.62. The van der Waals surface area contributed by atoms with Crippen LogP contribution < -0.4 is 5.32 Å². The molecule has 3 heteroatoms. The zero-order valence-electron chi connectivity index (χ0n) is 12.8. The van der Waals surface area contributed by atoms with Gasteiger partial charge in [0.1, 0.15) is 0 Å². The van der Waals surface area contributed by atoms with Gasteiger partial charge in [-0.3, -0.25) is 9.80 Å². The number of piperazine rings is 1. The number of fused-ring (bicyclic) bond motifs is 1. The second kappa shape index (κ2) is 6.11. The number of piperidine rings is 1. The highest BCUT2D eigenvalue weighted by Crippen LogP contribution is 2.31. The second-order valence-corrected chi connectivity index (χ2v) is 6.91. The van der Waals surface area contributed by atoms with Crippen LogP contribution in [0, 0.1) is 0 Å². The number of hydrogen-bond donors (Lipinski definition) is 1. The van der Waals surface area contributed by atoms with Gasteiger partial charge >= 0.3 is 0 Å². The SMILES string of the molecule is CCNC1CCC(N2CC3CCCCN3CC2C)C1. The lowest BCUT2D eigenvalue weighted by molar-refractivity contribution is -0.00678. The van der Waals surface area contributed by atoms with Crippen LogP contribution in [0.25, 0.3) is 0 Å². The molecule has 3 rings (SSSR count). The molecular formula is C16H31N3. The van der Waals surface area contributed by atoms with Gasteiger partial charge < -0.3 is 5.32 Å². The van der Waals surface area contributed by atoms with Gasteiger partial charge in [-0.1, -0.05) is 13.3 Å². The van der Waals surface area contributed by atoms with Crippen LogP contribution >= 0.6 is 0 Å². The third-order valence-electron chi connectivity index (χ3n) is 5.60. The first-order chi connectivity index (χ1) is 9.28. The molecule has 0 aromatic rings. The largest absolute Gasteiger partial charge is 0.314 e. The molecule has 4 atom stereocenters. The monoisotopic (exact) mass is 265 g/mol. The molecule has 19 heavy (non-hydrogen) atoms. The Hall–Kier alpha value is -0.120. The van der Waals surface area contributed by atoms with E-state index in [9.17, 15) is 0 Å². The predicted octanol–water partition coefficient (Wildman–Crippen LogP) is 2.08. The first-order valence-corrected chi connectivity index (χ1v) is 8.51. The Balaban J connectivity index is 1.58. The van der Waals surface area contributed by atoms with Crippen molar-refractivity contribution in [2.24, 2.45) is 0 Å². The normalized spacial score (nSPS) is 41.4. The lowest BCUT2D eigenvalue weighted by atomic mass is 9.95. The Morgan fingerprint density at radius 2 is 1.95 bits per heavy atom. The zero-order valence-corrected chi connectivity index (χ0v) is 12.8. The summed E-state index contributed by atoms with van der Waals surface area (Å²) in [6.07, 6.45) is 8.49. The molecule has 0 bridgehead atoms. The second-order valence-electron chi connectivity index (χ2n) is 6.91. The third-order valence-corrected chi connectivity index (χ3v) is 5.60. The van der Waals surface area contributed by atoms with E-state index in [4.69, 9.17) is 0 Å². The molecule has 1 aliphatic carbocycles. The van der Waals surface area contributed by atoms with Crippen LogP contribution in [0.1, 0.15) is 52.4 Å². The maximum atomic E-state index is 3.65. The van der Waals surface area contributed by atoms with E-state index in [1.807, 2.05) is 0 Å². The summed E-state index contributed by atoms with van der Waals surface area (Å²) in [4.78, 5) is 5.62. The summed E-state index contributed by atoms with van der Waals surface area (Å²) in [5, 5.41) is 3.65. The fourth-order valence-electron chi connectivity index (χ4n) is 4.62. The summed E-state index contributed by atoms with van der Waals surface area (Å²) >= 11 is 0. The highest BCUT2D eigenvalue weighted by atomic mass is 15.3. The van der Waals surface area contributed by atoms with Gasteiger partial charge in [0.15, 0.2) is 0 Å². The Labute approximate surface area is 118 Å². The highest BCUT2D eigenvalue weighted by molar-refractivity contribution is 4.95. The van der Waals surface area contributed by atoms with Crippen molar-refractivity contribution in [3.63, 3.8) is 0 Å². The van der Waals surface area contributed by atoms with E-state index >= 15 is 0 Å². The summed E-state index contributed by atoms with van der Waals surface area (Å²) < 4.78 is 0. The molecule has 0 aromatic heterocycles. The van der Waals surface area contributed by atoms with E-state index in [-0.39, 0.29) is 0 Å². The summed E-state index contributed by atoms with van der Waals surface area (Å²) in [6, 6.07) is 3.26. The molecule has 3 aliphatic rings. The van der Waals surface area contributed by atoms with E-state index in [0.29, 0.717) is 0 Å². The molecule has 0 spiro atoms. The molecule has 110 valence electrons. The van der Waals surface area contributed by atoms with Gasteiger partial charge in [-0.15, -0.1) is 0 Å². The van der Waals surface area contributed by atoms with Crippen LogP contribution in [0.3, 0.4) is 0 Å². The number of hydrogen-bond acceptors (Lipinski definition) is 3. The predicted molar refractivity (Wildman–Crippen MR) is 80.5 cm³/mol. The van der Waals surface area contributed by atoms with Crippen molar-refractivity contribution in [1.29, 1.82) is 0 Å². The minimum absolute atomic E-state index is 0.764. The summed E-state index contributed by atoms with van der Waals surface area (Å²) in [5.74, 6) is 0. The summed E-state index contributed by atoms with van der Waals surface area (Å²) in [7, 11) is 0. The van der Waals surface area contributed by atoms with Gasteiger partial charge in [0.2, 0.25) is 0 Å². The van der Waals surface area contributed by atoms with Crippen molar-refractivity contribution in [3.05, 3.63) is 0 Å². The molecule has 2 heterocycles. The molecule has 2 aliphatic heterocycles. The first kappa shape index (κ1) is 13.8. The maximum absolute atomic E-state index is 3.65. The molecule has 0 amide bonds. The van der Waals surface area contributed by atoms with Gasteiger partial charge in [-0.05, 0) is 52.1 Å². The Bertz CT molecular complexity index is 294. The standard InChI is InChI=1S/C16H31N3/c1-3-17-14-7-8-15(10-14)19-12-16-6-4-5-9-18(16)11-13(19)2/h13-17H,3-12H2,1-2H3. The maximum Gasteiger partial charge on any atom is 0.0224 e. The first-order valence-electron chi connectivity index (χ1n) is 8.51. The molecule has 2 saturated heterocycles. The molecule has 3 nitrogen and oxygen atoms in total. The van der Waals surface area contributed by atoms with Crippen LogP contribution in [-0.4, -0.2) is 60.1 Å². The van der Waals surface area contributed by atoms with Crippen LogP contribution in [0.5, 0.6) is 0 Å². The van der Waals surface area contributed by atoms with Crippen LogP contribution in [0.15, 0.2) is 0 Å². The lowest BCUT2D eigenvalue weighted by Gasteiger charge is -2.49. The molecule has 1 N–H and O–H groups in total. The van der Waals surface area contributed by atoms with Crippen molar-refractivity contribution < 1.29 is 0 Å². The van der Waals surface area contributed by atoms with Crippen LogP contribution in [-0.2, 0) is 0 Å². The molecule has 0 radical (unpaired) electrons. The molecule has 3 fully saturated rings. The Kier molecular flexibility index (Phi) is 4.45. The lowest BCUT2D eigenvalue weighted by Crippen LogP contribution is -2.60. The average molecular weight is 265 g/mol. The minimum atomic E-state index is 0.764.